The van der Waals surface area contributed by atoms with E-state index >= 15 is 0 Å². The molecule has 0 aromatic heterocycles. The average molecular weight is 171 g/mol. The number of nitrogens with zero attached hydrogens (tertiary/aromatic N) is 1. The highest BCUT2D eigenvalue weighted by molar-refractivity contribution is 4.92. The molecule has 1 fully saturated rings. The van der Waals surface area contributed by atoms with Gasteiger partial charge in [-0.05, 0) is 27.7 Å². The Labute approximate surface area is 75.9 Å². The minimum atomic E-state index is 0.0609. The average Bonchev–Trinajstić information content (AvgIpc) is 1.82. The van der Waals surface area contributed by atoms with E-state index in [1.807, 2.05) is 0 Å². The van der Waals surface area contributed by atoms with Gasteiger partial charge in [0.25, 0.3) is 0 Å². The second-order valence-corrected chi connectivity index (χ2v) is 4.55. The number of hydrogen-bond donors (Lipinski definition) is 0. The Morgan fingerprint density at radius 2 is 1.83 bits per heavy atom. The van der Waals surface area contributed by atoms with Crippen LogP contribution in [0, 0.1) is 5.92 Å². The van der Waals surface area contributed by atoms with E-state index in [2.05, 4.69) is 32.6 Å². The van der Waals surface area contributed by atoms with Gasteiger partial charge in [-0.25, -0.2) is 0 Å². The highest BCUT2D eigenvalue weighted by Crippen LogP contribution is 2.30. The van der Waals surface area contributed by atoms with Crippen LogP contribution in [0.2, 0.25) is 0 Å². The van der Waals surface area contributed by atoms with Gasteiger partial charge >= 0.3 is 0 Å². The van der Waals surface area contributed by atoms with Crippen LogP contribution >= 0.6 is 0 Å². The summed E-state index contributed by atoms with van der Waals surface area (Å²) in [5.41, 5.74) is 0.0609. The molecule has 1 rings (SSSR count). The smallest absolute Gasteiger partial charge is 0.0675 e. The monoisotopic (exact) mass is 171 g/mol. The number of ether oxygens (including phenoxy) is 1. The number of rotatable bonds is 3. The molecule has 0 atom stereocenters. The minimum Gasteiger partial charge on any atom is -0.378 e. The van der Waals surface area contributed by atoms with Gasteiger partial charge in [0.2, 0.25) is 0 Å². The molecule has 0 amide bonds. The maximum atomic E-state index is 5.44. The summed E-state index contributed by atoms with van der Waals surface area (Å²) in [5, 5.41) is 0. The lowest BCUT2D eigenvalue weighted by atomic mass is 9.83. The fourth-order valence-electron chi connectivity index (χ4n) is 1.54. The molecule has 1 aliphatic heterocycles. The van der Waals surface area contributed by atoms with E-state index in [1.54, 1.807) is 7.11 Å². The normalized spacial score (nSPS) is 21.5. The summed E-state index contributed by atoms with van der Waals surface area (Å²) < 4.78 is 5.44. The molecule has 2 nitrogen and oxygen atoms in total. The van der Waals surface area contributed by atoms with Crippen LogP contribution in [-0.2, 0) is 4.74 Å². The maximum absolute atomic E-state index is 5.44. The zero-order valence-electron chi connectivity index (χ0n) is 8.92. The summed E-state index contributed by atoms with van der Waals surface area (Å²) in [4.78, 5) is 2.48. The lowest BCUT2D eigenvalue weighted by Crippen LogP contribution is -2.58. The molecule has 0 bridgehead atoms. The predicted molar refractivity (Wildman–Crippen MR) is 51.3 cm³/mol. The van der Waals surface area contributed by atoms with Crippen molar-refractivity contribution in [3.8, 4) is 0 Å². The topological polar surface area (TPSA) is 12.5 Å². The third kappa shape index (κ3) is 1.80. The fourth-order valence-corrected chi connectivity index (χ4v) is 1.54. The van der Waals surface area contributed by atoms with E-state index in [0.29, 0.717) is 12.0 Å². The van der Waals surface area contributed by atoms with Gasteiger partial charge < -0.3 is 9.64 Å². The minimum absolute atomic E-state index is 0.0609. The van der Waals surface area contributed by atoms with Crippen molar-refractivity contribution >= 4 is 0 Å². The lowest BCUT2D eigenvalue weighted by Gasteiger charge is -2.48. The second-order valence-electron chi connectivity index (χ2n) is 4.55. The van der Waals surface area contributed by atoms with Crippen molar-refractivity contribution in [3.63, 3.8) is 0 Å². The first-order valence-electron chi connectivity index (χ1n) is 4.76. The quantitative estimate of drug-likeness (QED) is 0.641. The molecule has 0 N–H and O–H groups in total. The van der Waals surface area contributed by atoms with Gasteiger partial charge in [0.05, 0.1) is 5.60 Å². The van der Waals surface area contributed by atoms with Crippen molar-refractivity contribution in [2.45, 2.75) is 39.3 Å². The van der Waals surface area contributed by atoms with Crippen molar-refractivity contribution in [1.29, 1.82) is 0 Å². The van der Waals surface area contributed by atoms with Crippen molar-refractivity contribution in [3.05, 3.63) is 0 Å². The maximum Gasteiger partial charge on any atom is 0.0675 e. The molecule has 0 spiro atoms. The Balaban J connectivity index is 2.34. The first kappa shape index (κ1) is 10.0. The van der Waals surface area contributed by atoms with E-state index in [1.165, 1.54) is 13.1 Å². The standard InChI is InChI=1S/C10H21NO/c1-8(2)11-6-9(7-11)10(3,4)12-5/h8-9H,6-7H2,1-5H3. The molecule has 2 heteroatoms. The first-order valence-corrected chi connectivity index (χ1v) is 4.76. The van der Waals surface area contributed by atoms with E-state index in [4.69, 9.17) is 4.74 Å². The number of likely N-dealkylation sites (tertiary alicyclic amines) is 1. The van der Waals surface area contributed by atoms with Crippen LogP contribution in [0.1, 0.15) is 27.7 Å². The Bertz CT molecular complexity index is 148. The van der Waals surface area contributed by atoms with Gasteiger partial charge in [0, 0.05) is 32.2 Å². The molecule has 1 heterocycles. The Morgan fingerprint density at radius 1 is 1.33 bits per heavy atom. The molecule has 1 saturated heterocycles. The molecule has 0 aromatic rings. The van der Waals surface area contributed by atoms with E-state index in [9.17, 15) is 0 Å². The van der Waals surface area contributed by atoms with Crippen LogP contribution in [-0.4, -0.2) is 36.7 Å². The largest absolute Gasteiger partial charge is 0.378 e. The molecule has 0 aromatic carbocycles. The van der Waals surface area contributed by atoms with Crippen molar-refractivity contribution < 1.29 is 4.74 Å². The molecule has 1 aliphatic rings. The van der Waals surface area contributed by atoms with Crippen molar-refractivity contribution in [2.24, 2.45) is 5.92 Å². The summed E-state index contributed by atoms with van der Waals surface area (Å²) in [5.74, 6) is 0.713. The van der Waals surface area contributed by atoms with Gasteiger partial charge in [-0.15, -0.1) is 0 Å². The lowest BCUT2D eigenvalue weighted by molar-refractivity contribution is -0.0954. The summed E-state index contributed by atoms with van der Waals surface area (Å²) in [6.45, 7) is 11.2. The van der Waals surface area contributed by atoms with E-state index in [-0.39, 0.29) is 5.60 Å². The summed E-state index contributed by atoms with van der Waals surface area (Å²) in [6.07, 6.45) is 0. The van der Waals surface area contributed by atoms with Crippen LogP contribution in [0.25, 0.3) is 0 Å². The third-order valence-corrected chi connectivity index (χ3v) is 3.15. The molecule has 0 aliphatic carbocycles. The number of methoxy groups -OCH3 is 1. The zero-order valence-corrected chi connectivity index (χ0v) is 8.92. The summed E-state index contributed by atoms with van der Waals surface area (Å²) >= 11 is 0. The van der Waals surface area contributed by atoms with Crippen molar-refractivity contribution in [1.82, 2.24) is 4.90 Å². The molecular weight excluding hydrogens is 150 g/mol. The number of hydrogen-bond acceptors (Lipinski definition) is 2. The Hall–Kier alpha value is -0.0800. The molecule has 72 valence electrons. The predicted octanol–water partition coefficient (Wildman–Crippen LogP) is 1.75. The summed E-state index contributed by atoms with van der Waals surface area (Å²) in [6, 6.07) is 0.689. The Morgan fingerprint density at radius 3 is 2.17 bits per heavy atom. The summed E-state index contributed by atoms with van der Waals surface area (Å²) in [7, 11) is 1.80. The van der Waals surface area contributed by atoms with Crippen LogP contribution < -0.4 is 0 Å². The molecule has 0 radical (unpaired) electrons. The fraction of sp³-hybridized carbons (Fsp3) is 1.00. The van der Waals surface area contributed by atoms with Crippen LogP contribution in [0.3, 0.4) is 0 Å². The van der Waals surface area contributed by atoms with Gasteiger partial charge in [0.1, 0.15) is 0 Å². The van der Waals surface area contributed by atoms with E-state index < -0.39 is 0 Å². The van der Waals surface area contributed by atoms with E-state index in [0.717, 1.165) is 0 Å². The molecule has 0 saturated carbocycles. The van der Waals surface area contributed by atoms with Gasteiger partial charge in [-0.3, -0.25) is 0 Å². The SMILES string of the molecule is COC(C)(C)C1CN(C(C)C)C1. The molecular formula is C10H21NO. The zero-order chi connectivity index (χ0) is 9.35. The third-order valence-electron chi connectivity index (χ3n) is 3.15. The first-order chi connectivity index (χ1) is 5.47. The highest BCUT2D eigenvalue weighted by Gasteiger charge is 2.39. The van der Waals surface area contributed by atoms with Gasteiger partial charge in [-0.1, -0.05) is 0 Å². The van der Waals surface area contributed by atoms with Crippen LogP contribution in [0.5, 0.6) is 0 Å². The molecule has 0 unspecified atom stereocenters. The Kier molecular flexibility index (Phi) is 2.79. The second kappa shape index (κ2) is 3.35. The highest BCUT2D eigenvalue weighted by atomic mass is 16.5. The van der Waals surface area contributed by atoms with Crippen LogP contribution in [0.4, 0.5) is 0 Å². The van der Waals surface area contributed by atoms with Crippen molar-refractivity contribution in [2.75, 3.05) is 20.2 Å². The molecule has 12 heavy (non-hydrogen) atoms. The van der Waals surface area contributed by atoms with Gasteiger partial charge in [-0.2, -0.15) is 0 Å². The van der Waals surface area contributed by atoms with Crippen LogP contribution in [0.15, 0.2) is 0 Å². The van der Waals surface area contributed by atoms with Gasteiger partial charge in [0.15, 0.2) is 0 Å².